The second kappa shape index (κ2) is 10.5. The van der Waals surface area contributed by atoms with Gasteiger partial charge in [-0.2, -0.15) is 0 Å². The molecule has 2 aromatic rings. The Morgan fingerprint density at radius 1 is 0.926 bits per heavy atom. The molecule has 1 aromatic carbocycles. The van der Waals surface area contributed by atoms with Gasteiger partial charge in [0.15, 0.2) is 0 Å². The number of benzene rings is 1. The first kappa shape index (κ1) is 22.3. The minimum absolute atomic E-state index is 0. The van der Waals surface area contributed by atoms with Crippen molar-refractivity contribution in [2.24, 2.45) is 0 Å². The van der Waals surface area contributed by atoms with E-state index in [0.717, 1.165) is 58.5 Å². The van der Waals surface area contributed by atoms with Gasteiger partial charge in [0.25, 0.3) is 0 Å². The van der Waals surface area contributed by atoms with Gasteiger partial charge in [0.2, 0.25) is 5.91 Å². The Morgan fingerprint density at radius 3 is 2.44 bits per heavy atom. The van der Waals surface area contributed by atoms with Gasteiger partial charge in [-0.15, -0.1) is 36.2 Å². The summed E-state index contributed by atoms with van der Waals surface area (Å²) >= 11 is 1.83. The highest BCUT2D eigenvalue weighted by Gasteiger charge is 2.20. The van der Waals surface area contributed by atoms with Crippen molar-refractivity contribution in [3.63, 3.8) is 0 Å². The van der Waals surface area contributed by atoms with E-state index in [1.54, 1.807) is 0 Å². The Labute approximate surface area is 178 Å². The number of nitrogens with zero attached hydrogens (tertiary/aromatic N) is 3. The van der Waals surface area contributed by atoms with Crippen molar-refractivity contribution in [3.05, 3.63) is 29.6 Å². The number of unbranched alkanes of at least 4 members (excludes halogenated alkanes) is 1. The number of hydrogen-bond acceptors (Lipinski definition) is 4. The van der Waals surface area contributed by atoms with Crippen LogP contribution in [0.1, 0.15) is 25.7 Å². The molecule has 0 aliphatic carbocycles. The molecule has 0 radical (unpaired) electrons. The van der Waals surface area contributed by atoms with Crippen LogP contribution in [0.5, 0.6) is 0 Å². The minimum Gasteiger partial charge on any atom is -0.368 e. The smallest absolute Gasteiger partial charge is 0.222 e. The molecule has 1 amide bonds. The number of piperazine rings is 1. The van der Waals surface area contributed by atoms with Crippen molar-refractivity contribution in [1.82, 2.24) is 9.80 Å². The quantitative estimate of drug-likeness (QED) is 0.641. The third-order valence-electron chi connectivity index (χ3n) is 5.51. The second-order valence-corrected chi connectivity index (χ2v) is 8.08. The maximum Gasteiger partial charge on any atom is 0.222 e. The maximum absolute atomic E-state index is 11.6. The normalized spacial score (nSPS) is 17.9. The Hall–Kier alpha value is -1.01. The zero-order chi connectivity index (χ0) is 17.1. The lowest BCUT2D eigenvalue weighted by atomic mass is 10.1. The lowest BCUT2D eigenvalue weighted by Crippen LogP contribution is -2.46. The number of likely N-dealkylation sites (tertiary alicyclic amines) is 1. The standard InChI is InChI=1S/C20H27N3OS.2ClH/c24-20-7-4-11-23(20)10-2-1-9-21-12-14-22(15-13-21)18-5-3-6-19-17(18)8-16-25-19;;/h3,5-6,8,16H,1-2,4,7,9-15H2;2*1H. The summed E-state index contributed by atoms with van der Waals surface area (Å²) in [6.45, 7) is 7.61. The van der Waals surface area contributed by atoms with E-state index in [2.05, 4.69) is 39.4 Å². The third kappa shape index (κ3) is 5.29. The number of amides is 1. The van der Waals surface area contributed by atoms with E-state index in [-0.39, 0.29) is 24.8 Å². The molecule has 0 saturated carbocycles. The van der Waals surface area contributed by atoms with Crippen LogP contribution >= 0.6 is 36.2 Å². The summed E-state index contributed by atoms with van der Waals surface area (Å²) in [5.41, 5.74) is 1.39. The number of rotatable bonds is 6. The fourth-order valence-corrected chi connectivity index (χ4v) is 4.85. The van der Waals surface area contributed by atoms with Crippen LogP contribution in [0.2, 0.25) is 0 Å². The van der Waals surface area contributed by atoms with E-state index in [9.17, 15) is 4.79 Å². The topological polar surface area (TPSA) is 26.8 Å². The number of halogens is 2. The van der Waals surface area contributed by atoms with Gasteiger partial charge < -0.3 is 9.80 Å². The Bertz CT molecular complexity index is 731. The van der Waals surface area contributed by atoms with Gasteiger partial charge in [0, 0.05) is 61.5 Å². The van der Waals surface area contributed by atoms with Crippen LogP contribution < -0.4 is 4.90 Å². The van der Waals surface area contributed by atoms with Gasteiger partial charge >= 0.3 is 0 Å². The monoisotopic (exact) mass is 429 g/mol. The molecule has 0 bridgehead atoms. The van der Waals surface area contributed by atoms with Crippen LogP contribution in [0.4, 0.5) is 5.69 Å². The minimum atomic E-state index is 0. The van der Waals surface area contributed by atoms with Crippen molar-refractivity contribution >= 4 is 57.8 Å². The van der Waals surface area contributed by atoms with Crippen LogP contribution in [-0.2, 0) is 4.79 Å². The molecule has 0 spiro atoms. The molecule has 4 rings (SSSR count). The summed E-state index contributed by atoms with van der Waals surface area (Å²) < 4.78 is 1.39. The van der Waals surface area contributed by atoms with Crippen LogP contribution in [0.25, 0.3) is 10.1 Å². The third-order valence-corrected chi connectivity index (χ3v) is 6.39. The van der Waals surface area contributed by atoms with Gasteiger partial charge in [-0.25, -0.2) is 0 Å². The molecule has 2 saturated heterocycles. The lowest BCUT2D eigenvalue weighted by Gasteiger charge is -2.36. The summed E-state index contributed by atoms with van der Waals surface area (Å²) in [6, 6.07) is 8.91. The summed E-state index contributed by atoms with van der Waals surface area (Å²) in [6.07, 6.45) is 4.15. The van der Waals surface area contributed by atoms with Crippen molar-refractivity contribution < 1.29 is 4.79 Å². The highest BCUT2D eigenvalue weighted by molar-refractivity contribution is 7.17. The first-order chi connectivity index (χ1) is 12.3. The highest BCUT2D eigenvalue weighted by Crippen LogP contribution is 2.31. The number of carbonyl (C=O) groups excluding carboxylic acids is 1. The highest BCUT2D eigenvalue weighted by atomic mass is 35.5. The zero-order valence-corrected chi connectivity index (χ0v) is 18.1. The molecule has 7 heteroatoms. The predicted octanol–water partition coefficient (Wildman–Crippen LogP) is 4.27. The van der Waals surface area contributed by atoms with E-state index in [4.69, 9.17) is 0 Å². The number of hydrogen-bond donors (Lipinski definition) is 0. The van der Waals surface area contributed by atoms with Crippen molar-refractivity contribution in [3.8, 4) is 0 Å². The fourth-order valence-electron chi connectivity index (χ4n) is 4.04. The van der Waals surface area contributed by atoms with Gasteiger partial charge in [0.1, 0.15) is 0 Å². The molecule has 4 nitrogen and oxygen atoms in total. The van der Waals surface area contributed by atoms with Gasteiger partial charge in [-0.3, -0.25) is 9.69 Å². The van der Waals surface area contributed by atoms with Gasteiger partial charge in [0.05, 0.1) is 0 Å². The second-order valence-electron chi connectivity index (χ2n) is 7.13. The van der Waals surface area contributed by atoms with Crippen LogP contribution in [0.3, 0.4) is 0 Å². The molecular formula is C20H29Cl2N3OS. The summed E-state index contributed by atoms with van der Waals surface area (Å²) in [5, 5.41) is 3.59. The zero-order valence-electron chi connectivity index (χ0n) is 15.6. The Morgan fingerprint density at radius 2 is 1.70 bits per heavy atom. The molecular weight excluding hydrogens is 401 g/mol. The number of carbonyl (C=O) groups is 1. The summed E-state index contributed by atoms with van der Waals surface area (Å²) in [4.78, 5) is 18.8. The number of thiophene rings is 1. The molecule has 3 heterocycles. The molecule has 0 unspecified atom stereocenters. The average Bonchev–Trinajstić information content (AvgIpc) is 3.28. The maximum atomic E-state index is 11.6. The molecule has 0 atom stereocenters. The van der Waals surface area contributed by atoms with E-state index in [1.165, 1.54) is 28.7 Å². The molecule has 1 aromatic heterocycles. The summed E-state index contributed by atoms with van der Waals surface area (Å²) in [5.74, 6) is 0.358. The van der Waals surface area contributed by atoms with Gasteiger partial charge in [-0.1, -0.05) is 6.07 Å². The lowest BCUT2D eigenvalue weighted by molar-refractivity contribution is -0.127. The Balaban J connectivity index is 0.00000131. The van der Waals surface area contributed by atoms with Gasteiger partial charge in [-0.05, 0) is 49.4 Å². The summed E-state index contributed by atoms with van der Waals surface area (Å²) in [7, 11) is 0. The van der Waals surface area contributed by atoms with Crippen molar-refractivity contribution in [2.45, 2.75) is 25.7 Å². The van der Waals surface area contributed by atoms with Crippen LogP contribution in [0, 0.1) is 0 Å². The molecule has 27 heavy (non-hydrogen) atoms. The van der Waals surface area contributed by atoms with E-state index < -0.39 is 0 Å². The van der Waals surface area contributed by atoms with Crippen LogP contribution in [0.15, 0.2) is 29.6 Å². The first-order valence-electron chi connectivity index (χ1n) is 9.52. The average molecular weight is 430 g/mol. The Kier molecular flexibility index (Phi) is 8.67. The fraction of sp³-hybridized carbons (Fsp3) is 0.550. The molecule has 2 aliphatic heterocycles. The van der Waals surface area contributed by atoms with E-state index >= 15 is 0 Å². The number of anilines is 1. The molecule has 150 valence electrons. The number of fused-ring (bicyclic) bond motifs is 1. The largest absolute Gasteiger partial charge is 0.368 e. The van der Waals surface area contributed by atoms with E-state index in [0.29, 0.717) is 5.91 Å². The van der Waals surface area contributed by atoms with E-state index in [1.807, 2.05) is 16.2 Å². The SMILES string of the molecule is Cl.Cl.O=C1CCCN1CCCCN1CCN(c2cccc3sccc23)CC1. The first-order valence-corrected chi connectivity index (χ1v) is 10.4. The molecule has 2 aliphatic rings. The van der Waals surface area contributed by atoms with Crippen LogP contribution in [-0.4, -0.2) is 61.5 Å². The predicted molar refractivity (Wildman–Crippen MR) is 120 cm³/mol. The van der Waals surface area contributed by atoms with Crippen molar-refractivity contribution in [1.29, 1.82) is 0 Å². The molecule has 2 fully saturated rings. The molecule has 0 N–H and O–H groups in total. The van der Waals surface area contributed by atoms with Crippen molar-refractivity contribution in [2.75, 3.05) is 50.7 Å².